The third kappa shape index (κ3) is 26.4. The van der Waals surface area contributed by atoms with Gasteiger partial charge in [0.15, 0.2) is 0 Å². The molecule has 0 saturated carbocycles. The van der Waals surface area contributed by atoms with Crippen LogP contribution in [-0.4, -0.2) is 95.7 Å². The average Bonchev–Trinajstić information content (AvgIpc) is 2.42. The van der Waals surface area contributed by atoms with E-state index in [0.29, 0.717) is 0 Å². The van der Waals surface area contributed by atoms with E-state index in [9.17, 15) is 39.3 Å². The monoisotopic (exact) mass is 495 g/mol. The van der Waals surface area contributed by atoms with E-state index >= 15 is 0 Å². The summed E-state index contributed by atoms with van der Waals surface area (Å²) in [7, 11) is 0. The number of Topliss-reactive ketones (excluding diaryl/α,β-unsaturated/α-hetero) is 2. The van der Waals surface area contributed by atoms with Crippen molar-refractivity contribution in [3.63, 3.8) is 0 Å². The van der Waals surface area contributed by atoms with E-state index in [2.05, 4.69) is 0 Å². The number of hydrogen-bond acceptors (Lipinski definition) is 11. The summed E-state index contributed by atoms with van der Waals surface area (Å²) in [4.78, 5) is 53.7. The van der Waals surface area contributed by atoms with Gasteiger partial charge < -0.3 is 40.3 Å². The van der Waals surface area contributed by atoms with E-state index in [0.717, 1.165) is 4.90 Å². The number of ketones is 2. The first kappa shape index (κ1) is 33.8. The molecule has 163 valence electrons. The van der Waals surface area contributed by atoms with E-state index in [1.54, 1.807) is 0 Å². The van der Waals surface area contributed by atoms with Crippen molar-refractivity contribution in [1.82, 2.24) is 9.80 Å². The average molecular weight is 494 g/mol. The van der Waals surface area contributed by atoms with Gasteiger partial charge in [-0.3, -0.25) is 19.4 Å². The number of aliphatic hydroxyl groups is 1. The molecule has 0 fully saturated rings. The van der Waals surface area contributed by atoms with Gasteiger partial charge in [-0.25, -0.2) is 0 Å². The first-order chi connectivity index (χ1) is 12.0. The van der Waals surface area contributed by atoms with E-state index in [-0.39, 0.29) is 69.2 Å². The van der Waals surface area contributed by atoms with Crippen LogP contribution in [0, 0.1) is 0 Å². The Morgan fingerprint density at radius 3 is 1.29 bits per heavy atom. The fraction of sp³-hybridized carbons (Fsp3) is 0.667. The molecular weight excluding hydrogens is 469 g/mol. The minimum Gasteiger partial charge on any atom is -0.549 e. The van der Waals surface area contributed by atoms with Gasteiger partial charge in [0.25, 0.3) is 0 Å². The van der Waals surface area contributed by atoms with E-state index in [4.69, 9.17) is 5.11 Å². The fourth-order valence-corrected chi connectivity index (χ4v) is 1.81. The summed E-state index contributed by atoms with van der Waals surface area (Å²) in [5.74, 6) is -4.37. The Bertz CT molecular complexity index is 473. The predicted octanol–water partition coefficient (Wildman–Crippen LogP) is -6.44. The number of aliphatic hydroxyl groups excluding tert-OH is 1. The van der Waals surface area contributed by atoms with Crippen molar-refractivity contribution in [2.75, 3.05) is 45.9 Å². The number of aliphatic carboxylic acids is 3. The standard InChI is InChI=1S/C10H18N2O7.C5H8O2.H2O.Ru/c13-4-3-11(5-8(14)15)1-2-12(6-9(16)17)7-10(18)19;1-4(6)3-5(2)7;;/h13H,1-7H2,(H,14,15)(H,16,17)(H,18,19);3H2,1-2H3;1H2;/q;;;+3/p-3. The number of carbonyl (C=O) groups excluding carboxylic acids is 5. The summed E-state index contributed by atoms with van der Waals surface area (Å²) in [6.07, 6.45) is 0.0833. The molecule has 0 spiro atoms. The zero-order chi connectivity index (χ0) is 20.7. The second kappa shape index (κ2) is 20.0. The van der Waals surface area contributed by atoms with Crippen molar-refractivity contribution in [1.29, 1.82) is 0 Å². The Kier molecular flexibility index (Phi) is 24.1. The quantitative estimate of drug-likeness (QED) is 0.188. The molecule has 3 N–H and O–H groups in total. The third-order valence-electron chi connectivity index (χ3n) is 2.70. The Balaban J connectivity index is -0.000000274. The van der Waals surface area contributed by atoms with Gasteiger partial charge in [-0.2, -0.15) is 0 Å². The molecule has 0 saturated heterocycles. The van der Waals surface area contributed by atoms with Crippen molar-refractivity contribution in [2.45, 2.75) is 20.3 Å². The molecule has 0 unspecified atom stereocenters. The molecule has 0 aliphatic carbocycles. The van der Waals surface area contributed by atoms with Gasteiger partial charge in [0.05, 0.1) is 30.9 Å². The Hall–Kier alpha value is -1.79. The maximum absolute atomic E-state index is 10.4. The number of carbonyl (C=O) groups is 5. The van der Waals surface area contributed by atoms with E-state index in [1.807, 2.05) is 0 Å². The second-order valence-electron chi connectivity index (χ2n) is 5.41. The number of hydrogen-bond donors (Lipinski definition) is 1. The van der Waals surface area contributed by atoms with Gasteiger partial charge in [0, 0.05) is 39.3 Å². The van der Waals surface area contributed by atoms with Crippen LogP contribution in [0.4, 0.5) is 0 Å². The Morgan fingerprint density at radius 2 is 1.04 bits per heavy atom. The maximum Gasteiger partial charge on any atom is 3.00 e. The molecule has 13 heteroatoms. The number of carboxylic acids is 3. The van der Waals surface area contributed by atoms with Gasteiger partial charge in [-0.1, -0.05) is 0 Å². The van der Waals surface area contributed by atoms with Crippen LogP contribution in [0.5, 0.6) is 0 Å². The normalized spacial score (nSPS) is 9.46. The summed E-state index contributed by atoms with van der Waals surface area (Å²) in [5, 5.41) is 40.0. The van der Waals surface area contributed by atoms with Gasteiger partial charge in [-0.15, -0.1) is 0 Å². The first-order valence-electron chi connectivity index (χ1n) is 7.61. The summed E-state index contributed by atoms with van der Waals surface area (Å²) in [5.41, 5.74) is 0. The summed E-state index contributed by atoms with van der Waals surface area (Å²) >= 11 is 0. The number of carboxylic acid groups (broad SMARTS) is 3. The third-order valence-corrected chi connectivity index (χ3v) is 2.70. The molecule has 0 bridgehead atoms. The van der Waals surface area contributed by atoms with Crippen LogP contribution < -0.4 is 15.3 Å². The predicted molar refractivity (Wildman–Crippen MR) is 84.6 cm³/mol. The van der Waals surface area contributed by atoms with Crippen molar-refractivity contribution in [3.05, 3.63) is 0 Å². The van der Waals surface area contributed by atoms with Gasteiger partial charge in [0.1, 0.15) is 11.6 Å². The topological polar surface area (TPSA) is 213 Å². The minimum atomic E-state index is -1.45. The van der Waals surface area contributed by atoms with E-state index < -0.39 is 37.5 Å². The van der Waals surface area contributed by atoms with Crippen LogP contribution in [0.1, 0.15) is 20.3 Å². The van der Waals surface area contributed by atoms with Crippen LogP contribution in [0.2, 0.25) is 0 Å². The van der Waals surface area contributed by atoms with Crippen molar-refractivity contribution >= 4 is 29.5 Å². The van der Waals surface area contributed by atoms with Crippen molar-refractivity contribution in [2.24, 2.45) is 0 Å². The molecule has 0 aromatic rings. The molecule has 0 heterocycles. The van der Waals surface area contributed by atoms with Crippen molar-refractivity contribution in [3.8, 4) is 0 Å². The molecule has 12 nitrogen and oxygen atoms in total. The zero-order valence-electron chi connectivity index (χ0n) is 15.6. The van der Waals surface area contributed by atoms with E-state index in [1.165, 1.54) is 18.7 Å². The van der Waals surface area contributed by atoms with Crippen LogP contribution >= 0.6 is 0 Å². The Morgan fingerprint density at radius 1 is 0.714 bits per heavy atom. The Labute approximate surface area is 175 Å². The SMILES string of the molecule is CC(=O)CC(C)=O.O.O=C([O-])CN(CCO)CCN(CC(=O)[O-])CC(=O)[O-].[Ru+3]. The summed E-state index contributed by atoms with van der Waals surface area (Å²) < 4.78 is 0. The van der Waals surface area contributed by atoms with Gasteiger partial charge >= 0.3 is 19.5 Å². The molecule has 0 atom stereocenters. The zero-order valence-corrected chi connectivity index (χ0v) is 17.4. The number of nitrogens with zero attached hydrogens (tertiary/aromatic N) is 2. The smallest absolute Gasteiger partial charge is 0.549 e. The molecule has 0 aliphatic rings. The maximum atomic E-state index is 10.4. The van der Waals surface area contributed by atoms with Gasteiger partial charge in [0.2, 0.25) is 0 Å². The van der Waals surface area contributed by atoms with Crippen LogP contribution in [0.3, 0.4) is 0 Å². The van der Waals surface area contributed by atoms with Crippen LogP contribution in [0.15, 0.2) is 0 Å². The minimum absolute atomic E-state index is 0. The number of rotatable bonds is 13. The second-order valence-corrected chi connectivity index (χ2v) is 5.41. The molecular formula is C15H25N2O10Ru. The molecule has 0 aromatic heterocycles. The molecule has 0 aromatic carbocycles. The molecule has 0 amide bonds. The molecule has 28 heavy (non-hydrogen) atoms. The molecule has 0 aliphatic heterocycles. The first-order valence-corrected chi connectivity index (χ1v) is 7.61. The molecule has 0 rings (SSSR count). The van der Waals surface area contributed by atoms with Gasteiger partial charge in [-0.05, 0) is 13.8 Å². The fourth-order valence-electron chi connectivity index (χ4n) is 1.81. The summed E-state index contributed by atoms with van der Waals surface area (Å²) in [6.45, 7) is 0.976. The molecule has 1 radical (unpaired) electrons. The van der Waals surface area contributed by atoms with Crippen LogP contribution in [0.25, 0.3) is 0 Å². The largest absolute Gasteiger partial charge is 3.00 e. The van der Waals surface area contributed by atoms with Crippen LogP contribution in [-0.2, 0) is 43.5 Å². The summed E-state index contributed by atoms with van der Waals surface area (Å²) in [6, 6.07) is 0. The van der Waals surface area contributed by atoms with Crippen molar-refractivity contribution < 1.29 is 69.4 Å².